The molecule has 0 radical (unpaired) electrons. The number of rotatable bonds is 6. The Morgan fingerprint density at radius 1 is 0.703 bits per heavy atom. The van der Waals surface area contributed by atoms with Gasteiger partial charge in [-0.3, -0.25) is 4.98 Å². The molecule has 0 bridgehead atoms. The van der Waals surface area contributed by atoms with Crippen LogP contribution in [0.5, 0.6) is 11.5 Å². The standard InChI is InChI=1S/C30H21N3O3S/c34-37(35,25-11-5-2-6-12-25)33-21-28(22-15-17-31-18-16-22)27-19-23(20-32-30(27)33)26-13-7-8-14-29(26)36-24-9-3-1-4-10-24/h1-21H. The van der Waals surface area contributed by atoms with Gasteiger partial charge >= 0.3 is 0 Å². The number of pyridine rings is 2. The Bertz CT molecular complexity index is 1800. The SMILES string of the molecule is O=S(=O)(c1ccccc1)n1cc(-c2ccncc2)c2cc(-c3ccccc3Oc3ccccc3)cnc21. The first-order chi connectivity index (χ1) is 18.1. The van der Waals surface area contributed by atoms with Crippen molar-refractivity contribution in [1.29, 1.82) is 0 Å². The van der Waals surface area contributed by atoms with E-state index in [0.717, 1.165) is 28.0 Å². The lowest BCUT2D eigenvalue weighted by Gasteiger charge is -2.12. The normalized spacial score (nSPS) is 11.5. The Morgan fingerprint density at radius 2 is 1.38 bits per heavy atom. The van der Waals surface area contributed by atoms with Crippen LogP contribution in [0.1, 0.15) is 0 Å². The summed E-state index contributed by atoms with van der Waals surface area (Å²) in [5.74, 6) is 1.40. The van der Waals surface area contributed by atoms with E-state index >= 15 is 0 Å². The Hall–Kier alpha value is -4.75. The van der Waals surface area contributed by atoms with E-state index in [1.54, 1.807) is 55.1 Å². The smallest absolute Gasteiger partial charge is 0.269 e. The molecule has 0 spiro atoms. The lowest BCUT2D eigenvalue weighted by atomic mass is 10.0. The molecular weight excluding hydrogens is 482 g/mol. The maximum Gasteiger partial charge on any atom is 0.269 e. The molecule has 6 rings (SSSR count). The highest BCUT2D eigenvalue weighted by Gasteiger charge is 2.23. The molecular formula is C30H21N3O3S. The second-order valence-corrected chi connectivity index (χ2v) is 10.2. The molecule has 0 aliphatic rings. The second kappa shape index (κ2) is 9.37. The van der Waals surface area contributed by atoms with Gasteiger partial charge in [-0.25, -0.2) is 17.4 Å². The van der Waals surface area contributed by atoms with Crippen LogP contribution in [-0.2, 0) is 10.0 Å². The lowest BCUT2D eigenvalue weighted by molar-refractivity contribution is 0.484. The van der Waals surface area contributed by atoms with Crippen molar-refractivity contribution in [1.82, 2.24) is 13.9 Å². The molecule has 3 aromatic heterocycles. The van der Waals surface area contributed by atoms with E-state index in [0.29, 0.717) is 16.8 Å². The molecule has 0 fully saturated rings. The number of benzene rings is 3. The van der Waals surface area contributed by atoms with E-state index in [9.17, 15) is 8.42 Å². The molecule has 0 aliphatic heterocycles. The minimum absolute atomic E-state index is 0.195. The molecule has 0 saturated carbocycles. The Morgan fingerprint density at radius 3 is 2.14 bits per heavy atom. The first-order valence-electron chi connectivity index (χ1n) is 11.7. The summed E-state index contributed by atoms with van der Waals surface area (Å²) in [5, 5.41) is 0.706. The molecule has 0 atom stereocenters. The van der Waals surface area contributed by atoms with Crippen molar-refractivity contribution < 1.29 is 13.2 Å². The third kappa shape index (κ3) is 4.26. The average Bonchev–Trinajstić information content (AvgIpc) is 3.35. The number of fused-ring (bicyclic) bond motifs is 1. The predicted molar refractivity (Wildman–Crippen MR) is 144 cm³/mol. The van der Waals surface area contributed by atoms with Gasteiger partial charge in [0.05, 0.1) is 4.90 Å². The highest BCUT2D eigenvalue weighted by molar-refractivity contribution is 7.90. The van der Waals surface area contributed by atoms with E-state index in [1.807, 2.05) is 72.8 Å². The van der Waals surface area contributed by atoms with Crippen LogP contribution < -0.4 is 4.74 Å². The fourth-order valence-corrected chi connectivity index (χ4v) is 5.63. The number of aromatic nitrogens is 3. The molecule has 180 valence electrons. The summed E-state index contributed by atoms with van der Waals surface area (Å²) in [6.07, 6.45) is 6.68. The molecule has 7 heteroatoms. The third-order valence-electron chi connectivity index (χ3n) is 6.07. The molecule has 0 N–H and O–H groups in total. The number of hydrogen-bond acceptors (Lipinski definition) is 5. The van der Waals surface area contributed by atoms with Crippen molar-refractivity contribution in [2.45, 2.75) is 4.90 Å². The molecule has 0 saturated heterocycles. The summed E-state index contributed by atoms with van der Waals surface area (Å²) < 4.78 is 34.6. The van der Waals surface area contributed by atoms with Crippen LogP contribution in [0.15, 0.2) is 133 Å². The minimum atomic E-state index is -3.87. The predicted octanol–water partition coefficient (Wildman–Crippen LogP) is 6.79. The zero-order valence-corrected chi connectivity index (χ0v) is 20.4. The molecule has 3 aromatic carbocycles. The van der Waals surface area contributed by atoms with Gasteiger partial charge in [-0.05, 0) is 54.1 Å². The van der Waals surface area contributed by atoms with Gasteiger partial charge in [0.25, 0.3) is 10.0 Å². The summed E-state index contributed by atoms with van der Waals surface area (Å²) in [7, 11) is -3.87. The summed E-state index contributed by atoms with van der Waals surface area (Å²) in [4.78, 5) is 8.96. The fraction of sp³-hybridized carbons (Fsp3) is 0. The van der Waals surface area contributed by atoms with Crippen molar-refractivity contribution in [3.63, 3.8) is 0 Å². The van der Waals surface area contributed by atoms with E-state index in [4.69, 9.17) is 4.74 Å². The maximum absolute atomic E-state index is 13.6. The van der Waals surface area contributed by atoms with Crippen LogP contribution in [0.2, 0.25) is 0 Å². The Kier molecular flexibility index (Phi) is 5.75. The van der Waals surface area contributed by atoms with Crippen molar-refractivity contribution in [2.75, 3.05) is 0 Å². The Balaban J connectivity index is 1.54. The van der Waals surface area contributed by atoms with Gasteiger partial charge in [0.15, 0.2) is 5.65 Å². The summed E-state index contributed by atoms with van der Waals surface area (Å²) in [6, 6.07) is 31.3. The monoisotopic (exact) mass is 503 g/mol. The Labute approximate surface area is 214 Å². The van der Waals surface area contributed by atoms with Crippen LogP contribution in [0, 0.1) is 0 Å². The molecule has 3 heterocycles. The van der Waals surface area contributed by atoms with Gasteiger partial charge in [0.1, 0.15) is 11.5 Å². The largest absolute Gasteiger partial charge is 0.457 e. The zero-order chi connectivity index (χ0) is 25.2. The van der Waals surface area contributed by atoms with Crippen LogP contribution in [-0.4, -0.2) is 22.4 Å². The maximum atomic E-state index is 13.6. The second-order valence-electron chi connectivity index (χ2n) is 8.40. The van der Waals surface area contributed by atoms with E-state index in [1.165, 1.54) is 3.97 Å². The highest BCUT2D eigenvalue weighted by Crippen LogP contribution is 2.38. The summed E-state index contributed by atoms with van der Waals surface area (Å²) in [5.41, 5.74) is 3.59. The van der Waals surface area contributed by atoms with E-state index in [2.05, 4.69) is 9.97 Å². The molecule has 0 amide bonds. The summed E-state index contributed by atoms with van der Waals surface area (Å²) in [6.45, 7) is 0. The van der Waals surface area contributed by atoms with Crippen molar-refractivity contribution in [2.24, 2.45) is 0 Å². The fourth-order valence-electron chi connectivity index (χ4n) is 4.29. The minimum Gasteiger partial charge on any atom is -0.457 e. The number of ether oxygens (including phenoxy) is 1. The molecule has 0 aliphatic carbocycles. The number of para-hydroxylation sites is 2. The molecule has 6 nitrogen and oxygen atoms in total. The topological polar surface area (TPSA) is 74.1 Å². The third-order valence-corrected chi connectivity index (χ3v) is 7.74. The van der Waals surface area contributed by atoms with Crippen molar-refractivity contribution >= 4 is 21.1 Å². The average molecular weight is 504 g/mol. The first-order valence-corrected chi connectivity index (χ1v) is 13.1. The highest BCUT2D eigenvalue weighted by atomic mass is 32.2. The number of hydrogen-bond donors (Lipinski definition) is 0. The molecule has 0 unspecified atom stereocenters. The zero-order valence-electron chi connectivity index (χ0n) is 19.6. The van der Waals surface area contributed by atoms with Gasteiger partial charge in [0.2, 0.25) is 0 Å². The van der Waals surface area contributed by atoms with Crippen molar-refractivity contribution in [3.8, 4) is 33.8 Å². The van der Waals surface area contributed by atoms with E-state index in [-0.39, 0.29) is 4.90 Å². The number of nitrogens with zero attached hydrogens (tertiary/aromatic N) is 3. The first kappa shape index (κ1) is 22.7. The summed E-state index contributed by atoms with van der Waals surface area (Å²) >= 11 is 0. The van der Waals surface area contributed by atoms with Crippen LogP contribution in [0.3, 0.4) is 0 Å². The van der Waals surface area contributed by atoms with Gasteiger partial charge < -0.3 is 4.74 Å². The lowest BCUT2D eigenvalue weighted by Crippen LogP contribution is -2.12. The van der Waals surface area contributed by atoms with Gasteiger partial charge in [0, 0.05) is 46.9 Å². The van der Waals surface area contributed by atoms with Crippen molar-refractivity contribution in [3.05, 3.63) is 128 Å². The van der Waals surface area contributed by atoms with Crippen LogP contribution in [0.25, 0.3) is 33.3 Å². The van der Waals surface area contributed by atoms with Gasteiger partial charge in [-0.2, -0.15) is 0 Å². The van der Waals surface area contributed by atoms with Crippen LogP contribution in [0.4, 0.5) is 0 Å². The van der Waals surface area contributed by atoms with E-state index < -0.39 is 10.0 Å². The van der Waals surface area contributed by atoms with Gasteiger partial charge in [-0.15, -0.1) is 0 Å². The molecule has 37 heavy (non-hydrogen) atoms. The molecule has 6 aromatic rings. The van der Waals surface area contributed by atoms with Crippen LogP contribution >= 0.6 is 0 Å². The quantitative estimate of drug-likeness (QED) is 0.250. The van der Waals surface area contributed by atoms with Gasteiger partial charge in [-0.1, -0.05) is 54.6 Å².